The number of carboxylic acids is 1. The van der Waals surface area contributed by atoms with Crippen LogP contribution in [0, 0.1) is 0 Å². The Hall–Kier alpha value is -3.60. The Morgan fingerprint density at radius 3 is 2.41 bits per heavy atom. The van der Waals surface area contributed by atoms with Crippen LogP contribution in [0.5, 0.6) is 0 Å². The van der Waals surface area contributed by atoms with E-state index in [9.17, 15) is 14.7 Å². The number of aliphatic carboxylic acids is 1. The first-order chi connectivity index (χ1) is 15.5. The number of anilines is 2. The molecule has 162 valence electrons. The minimum atomic E-state index is -0.933. The molecule has 32 heavy (non-hydrogen) atoms. The second-order valence-corrected chi connectivity index (χ2v) is 8.82. The summed E-state index contributed by atoms with van der Waals surface area (Å²) in [6.07, 6.45) is 3.16. The first-order valence-corrected chi connectivity index (χ1v) is 11.0. The number of amides is 1. The lowest BCUT2D eigenvalue weighted by atomic mass is 9.79. The molecule has 1 heterocycles. The monoisotopic (exact) mass is 426 g/mol. The zero-order valence-corrected chi connectivity index (χ0v) is 18.3. The van der Waals surface area contributed by atoms with Crippen molar-refractivity contribution in [3.63, 3.8) is 0 Å². The highest BCUT2D eigenvalue weighted by atomic mass is 16.4. The largest absolute Gasteiger partial charge is 0.481 e. The minimum absolute atomic E-state index is 0.155. The number of aryl methyl sites for hydroxylation is 2. The van der Waals surface area contributed by atoms with Gasteiger partial charge in [0.25, 0.3) is 5.91 Å². The summed E-state index contributed by atoms with van der Waals surface area (Å²) in [5, 5.41) is 10.3. The molecule has 0 aromatic heterocycles. The summed E-state index contributed by atoms with van der Waals surface area (Å²) in [5.41, 5.74) is 6.20. The molecule has 1 aliphatic heterocycles. The van der Waals surface area contributed by atoms with Gasteiger partial charge in [0.2, 0.25) is 0 Å². The smallest absolute Gasteiger partial charge is 0.313 e. The van der Waals surface area contributed by atoms with E-state index < -0.39 is 17.9 Å². The molecule has 3 aromatic rings. The average Bonchev–Trinajstić information content (AvgIpc) is 3.26. The highest BCUT2D eigenvalue weighted by Gasteiger charge is 2.45. The molecule has 5 rings (SSSR count). The standard InChI is InChI=1S/C27H26N2O3/c1-28(2)20-13-11-18(12-14-20)25-24(27(31)32)22-8-3-4-9-23(22)26(30)29(25)21-15-10-17-6-5-7-19(17)16-21/h3-4,8-16,24-25H,5-7H2,1-2H3,(H,31,32)/t24-,25+/m0/s1. The summed E-state index contributed by atoms with van der Waals surface area (Å²) in [6, 6.07) is 20.4. The maximum absolute atomic E-state index is 13.8. The van der Waals surface area contributed by atoms with Gasteiger partial charge in [0.15, 0.2) is 0 Å². The molecule has 0 bridgehead atoms. The first-order valence-electron chi connectivity index (χ1n) is 11.0. The number of hydrogen-bond donors (Lipinski definition) is 1. The lowest BCUT2D eigenvalue weighted by molar-refractivity contribution is -0.139. The Labute approximate surface area is 187 Å². The van der Waals surface area contributed by atoms with E-state index in [1.807, 2.05) is 49.3 Å². The lowest BCUT2D eigenvalue weighted by Gasteiger charge is -2.41. The van der Waals surface area contributed by atoms with Crippen LogP contribution in [-0.2, 0) is 17.6 Å². The fraction of sp³-hybridized carbons (Fsp3) is 0.259. The van der Waals surface area contributed by atoms with Crippen molar-refractivity contribution in [2.75, 3.05) is 23.9 Å². The van der Waals surface area contributed by atoms with Gasteiger partial charge in [-0.05, 0) is 71.8 Å². The van der Waals surface area contributed by atoms with Crippen molar-refractivity contribution in [1.29, 1.82) is 0 Å². The molecule has 1 N–H and O–H groups in total. The molecule has 0 saturated carbocycles. The highest BCUT2D eigenvalue weighted by Crippen LogP contribution is 2.45. The van der Waals surface area contributed by atoms with E-state index in [-0.39, 0.29) is 5.91 Å². The van der Waals surface area contributed by atoms with Gasteiger partial charge in [-0.2, -0.15) is 0 Å². The van der Waals surface area contributed by atoms with Gasteiger partial charge in [0.05, 0.1) is 6.04 Å². The second-order valence-electron chi connectivity index (χ2n) is 8.82. The van der Waals surface area contributed by atoms with Crippen LogP contribution in [0.25, 0.3) is 0 Å². The van der Waals surface area contributed by atoms with Gasteiger partial charge in [0, 0.05) is 31.0 Å². The number of carbonyl (C=O) groups excluding carboxylic acids is 1. The Morgan fingerprint density at radius 1 is 0.969 bits per heavy atom. The topological polar surface area (TPSA) is 60.9 Å². The summed E-state index contributed by atoms with van der Waals surface area (Å²) in [4.78, 5) is 30.1. The quantitative estimate of drug-likeness (QED) is 0.650. The van der Waals surface area contributed by atoms with Crippen molar-refractivity contribution >= 4 is 23.3 Å². The third-order valence-electron chi connectivity index (χ3n) is 6.72. The van der Waals surface area contributed by atoms with Gasteiger partial charge in [-0.25, -0.2) is 0 Å². The first kappa shape index (κ1) is 20.3. The van der Waals surface area contributed by atoms with Crippen LogP contribution in [0.3, 0.4) is 0 Å². The molecule has 2 atom stereocenters. The average molecular weight is 427 g/mol. The molecule has 0 unspecified atom stereocenters. The molecule has 5 nitrogen and oxygen atoms in total. The molecule has 0 spiro atoms. The maximum Gasteiger partial charge on any atom is 0.313 e. The predicted octanol–water partition coefficient (Wildman–Crippen LogP) is 4.81. The van der Waals surface area contributed by atoms with Crippen LogP contribution >= 0.6 is 0 Å². The van der Waals surface area contributed by atoms with Gasteiger partial charge in [-0.3, -0.25) is 14.5 Å². The van der Waals surface area contributed by atoms with Crippen molar-refractivity contribution in [2.24, 2.45) is 0 Å². The summed E-state index contributed by atoms with van der Waals surface area (Å²) in [7, 11) is 3.93. The van der Waals surface area contributed by atoms with Crippen LogP contribution in [0.15, 0.2) is 66.7 Å². The zero-order valence-electron chi connectivity index (χ0n) is 18.3. The van der Waals surface area contributed by atoms with Gasteiger partial charge >= 0.3 is 5.97 Å². The van der Waals surface area contributed by atoms with Crippen molar-refractivity contribution < 1.29 is 14.7 Å². The molecule has 1 amide bonds. The number of rotatable bonds is 4. The van der Waals surface area contributed by atoms with Crippen molar-refractivity contribution in [1.82, 2.24) is 0 Å². The molecule has 2 aliphatic rings. The normalized spacial score (nSPS) is 19.4. The number of fused-ring (bicyclic) bond motifs is 2. The molecular weight excluding hydrogens is 400 g/mol. The highest BCUT2D eigenvalue weighted by molar-refractivity contribution is 6.11. The van der Waals surface area contributed by atoms with E-state index in [1.54, 1.807) is 29.2 Å². The van der Waals surface area contributed by atoms with E-state index in [0.717, 1.165) is 36.2 Å². The van der Waals surface area contributed by atoms with Crippen LogP contribution < -0.4 is 9.80 Å². The Morgan fingerprint density at radius 2 is 1.69 bits per heavy atom. The number of hydrogen-bond acceptors (Lipinski definition) is 3. The van der Waals surface area contributed by atoms with E-state index in [0.29, 0.717) is 11.1 Å². The molecule has 5 heteroatoms. The third kappa shape index (κ3) is 3.25. The van der Waals surface area contributed by atoms with E-state index >= 15 is 0 Å². The Balaban J connectivity index is 1.71. The molecule has 0 saturated heterocycles. The molecule has 1 aliphatic carbocycles. The van der Waals surface area contributed by atoms with Crippen molar-refractivity contribution in [2.45, 2.75) is 31.2 Å². The molecule has 0 radical (unpaired) electrons. The lowest BCUT2D eigenvalue weighted by Crippen LogP contribution is -2.45. The summed E-state index contributed by atoms with van der Waals surface area (Å²) in [5.74, 6) is -1.95. The fourth-order valence-corrected chi connectivity index (χ4v) is 5.10. The van der Waals surface area contributed by atoms with Gasteiger partial charge in [-0.1, -0.05) is 36.4 Å². The Bertz CT molecular complexity index is 1200. The zero-order chi connectivity index (χ0) is 22.4. The maximum atomic E-state index is 13.8. The van der Waals surface area contributed by atoms with Crippen molar-refractivity contribution in [3.8, 4) is 0 Å². The van der Waals surface area contributed by atoms with Crippen LogP contribution in [-0.4, -0.2) is 31.1 Å². The molecule has 0 fully saturated rings. The van der Waals surface area contributed by atoms with E-state index in [1.165, 1.54) is 11.1 Å². The molecular formula is C27H26N2O3. The summed E-state index contributed by atoms with van der Waals surface area (Å²) >= 11 is 0. The summed E-state index contributed by atoms with van der Waals surface area (Å²) in [6.45, 7) is 0. The summed E-state index contributed by atoms with van der Waals surface area (Å²) < 4.78 is 0. The second kappa shape index (κ2) is 7.83. The molecule has 3 aromatic carbocycles. The number of nitrogens with zero attached hydrogens (tertiary/aromatic N) is 2. The van der Waals surface area contributed by atoms with Crippen LogP contribution in [0.4, 0.5) is 11.4 Å². The number of carbonyl (C=O) groups is 2. The SMILES string of the molecule is CN(C)c1ccc([C@@H]2[C@@H](C(=O)O)c3ccccc3C(=O)N2c2ccc3c(c2)CCC3)cc1. The van der Waals surface area contributed by atoms with E-state index in [4.69, 9.17) is 0 Å². The van der Waals surface area contributed by atoms with Gasteiger partial charge in [0.1, 0.15) is 5.92 Å². The minimum Gasteiger partial charge on any atom is -0.481 e. The van der Waals surface area contributed by atoms with Crippen molar-refractivity contribution in [3.05, 3.63) is 94.5 Å². The van der Waals surface area contributed by atoms with E-state index in [2.05, 4.69) is 12.1 Å². The Kier molecular flexibility index (Phi) is 4.97. The third-order valence-corrected chi connectivity index (χ3v) is 6.72. The van der Waals surface area contributed by atoms with Crippen LogP contribution in [0.1, 0.15) is 51.0 Å². The van der Waals surface area contributed by atoms with Gasteiger partial charge in [-0.15, -0.1) is 0 Å². The number of benzene rings is 3. The van der Waals surface area contributed by atoms with Crippen LogP contribution in [0.2, 0.25) is 0 Å². The fourth-order valence-electron chi connectivity index (χ4n) is 5.10. The van der Waals surface area contributed by atoms with Gasteiger partial charge < -0.3 is 10.0 Å². The number of carboxylic acid groups (broad SMARTS) is 1. The predicted molar refractivity (Wildman–Crippen MR) is 126 cm³/mol.